The number of nitrogens with one attached hydrogen (secondary N) is 3. The van der Waals surface area contributed by atoms with Gasteiger partial charge in [0, 0.05) is 17.7 Å². The van der Waals surface area contributed by atoms with E-state index >= 15 is 0 Å². The van der Waals surface area contributed by atoms with E-state index in [1.165, 1.54) is 18.7 Å². The maximum absolute atomic E-state index is 12.3. The molecule has 0 spiro atoms. The van der Waals surface area contributed by atoms with E-state index < -0.39 is 11.5 Å². The normalized spacial score (nSPS) is 10.5. The monoisotopic (exact) mass is 346 g/mol. The highest BCUT2D eigenvalue weighted by Gasteiger charge is 2.17. The quantitative estimate of drug-likeness (QED) is 0.570. The van der Waals surface area contributed by atoms with Crippen LogP contribution in [-0.4, -0.2) is 27.0 Å². The Morgan fingerprint density at radius 2 is 1.83 bits per heavy atom. The van der Waals surface area contributed by atoms with Gasteiger partial charge < -0.3 is 10.6 Å². The molecule has 1 aromatic heterocycles. The third kappa shape index (κ3) is 4.69. The van der Waals surface area contributed by atoms with Crippen LogP contribution < -0.4 is 16.2 Å². The highest BCUT2D eigenvalue weighted by molar-refractivity contribution is 7.99. The molecule has 0 fully saturated rings. The molecule has 0 aliphatic carbocycles. The van der Waals surface area contributed by atoms with E-state index in [2.05, 4.69) is 20.6 Å². The number of hydrogen-bond donors (Lipinski definition) is 3. The fourth-order valence-electron chi connectivity index (χ4n) is 1.88. The minimum absolute atomic E-state index is 0.0266. The smallest absolute Gasteiger partial charge is 0.277 e. The average Bonchev–Trinajstić information content (AvgIpc) is 2.50. The van der Waals surface area contributed by atoms with Crippen molar-refractivity contribution in [3.05, 3.63) is 46.2 Å². The molecule has 2 amide bonds. The number of nitrogens with zero attached hydrogens (tertiary/aromatic N) is 1. The van der Waals surface area contributed by atoms with Crippen LogP contribution in [-0.2, 0) is 4.79 Å². The molecule has 1 heterocycles. The molecular formula is C16H18N4O3S. The third-order valence-electron chi connectivity index (χ3n) is 2.81. The van der Waals surface area contributed by atoms with Crippen LogP contribution in [0.25, 0.3) is 0 Å². The van der Waals surface area contributed by atoms with E-state index in [1.807, 2.05) is 13.8 Å². The summed E-state index contributed by atoms with van der Waals surface area (Å²) in [5.74, 6) is -0.818. The number of anilines is 2. The number of thioether (sulfide) groups is 1. The number of benzene rings is 1. The number of aromatic nitrogens is 2. The Kier molecular flexibility index (Phi) is 5.75. The summed E-state index contributed by atoms with van der Waals surface area (Å²) in [6, 6.07) is 8.46. The Balaban J connectivity index is 2.38. The lowest BCUT2D eigenvalue weighted by Crippen LogP contribution is -2.24. The van der Waals surface area contributed by atoms with E-state index in [-0.39, 0.29) is 22.7 Å². The van der Waals surface area contributed by atoms with E-state index in [1.54, 1.807) is 30.3 Å². The molecule has 1 aromatic carbocycles. The van der Waals surface area contributed by atoms with Crippen molar-refractivity contribution in [2.75, 3.05) is 10.6 Å². The molecular weight excluding hydrogens is 328 g/mol. The Morgan fingerprint density at radius 3 is 2.42 bits per heavy atom. The van der Waals surface area contributed by atoms with Crippen molar-refractivity contribution in [2.24, 2.45) is 0 Å². The second-order valence-corrected chi connectivity index (χ2v) is 6.83. The third-order valence-corrected chi connectivity index (χ3v) is 3.70. The fourth-order valence-corrected chi connectivity index (χ4v) is 2.62. The zero-order valence-corrected chi connectivity index (χ0v) is 14.4. The van der Waals surface area contributed by atoms with Crippen molar-refractivity contribution in [3.63, 3.8) is 0 Å². The lowest BCUT2D eigenvalue weighted by Gasteiger charge is -2.12. The highest BCUT2D eigenvalue weighted by Crippen LogP contribution is 2.22. The van der Waals surface area contributed by atoms with Crippen LogP contribution in [0.5, 0.6) is 0 Å². The van der Waals surface area contributed by atoms with E-state index in [0.717, 1.165) is 0 Å². The SMILES string of the molecule is CC(=O)Nc1nc(SC(C)C)[nH]c(=O)c1NC(=O)c1ccccc1. The van der Waals surface area contributed by atoms with Crippen LogP contribution in [0.2, 0.25) is 0 Å². The minimum Gasteiger partial charge on any atom is -0.314 e. The predicted molar refractivity (Wildman–Crippen MR) is 94.5 cm³/mol. The zero-order valence-electron chi connectivity index (χ0n) is 13.5. The second-order valence-electron chi connectivity index (χ2n) is 5.26. The van der Waals surface area contributed by atoms with Gasteiger partial charge in [0.2, 0.25) is 5.91 Å². The van der Waals surface area contributed by atoms with Gasteiger partial charge in [-0.1, -0.05) is 43.8 Å². The van der Waals surface area contributed by atoms with Gasteiger partial charge in [-0.3, -0.25) is 19.4 Å². The van der Waals surface area contributed by atoms with Gasteiger partial charge in [0.1, 0.15) is 0 Å². The summed E-state index contributed by atoms with van der Waals surface area (Å²) in [6.45, 7) is 5.21. The van der Waals surface area contributed by atoms with Crippen LogP contribution in [0.3, 0.4) is 0 Å². The maximum Gasteiger partial charge on any atom is 0.277 e. The molecule has 2 rings (SSSR count). The van der Waals surface area contributed by atoms with Crippen LogP contribution >= 0.6 is 11.8 Å². The van der Waals surface area contributed by atoms with Crippen molar-refractivity contribution >= 4 is 35.1 Å². The molecule has 0 bridgehead atoms. The average molecular weight is 346 g/mol. The molecule has 0 saturated heterocycles. The lowest BCUT2D eigenvalue weighted by molar-refractivity contribution is -0.114. The van der Waals surface area contributed by atoms with Crippen molar-refractivity contribution in [1.82, 2.24) is 9.97 Å². The summed E-state index contributed by atoms with van der Waals surface area (Å²) < 4.78 is 0. The van der Waals surface area contributed by atoms with Crippen LogP contribution in [0.1, 0.15) is 31.1 Å². The number of aromatic amines is 1. The van der Waals surface area contributed by atoms with Gasteiger partial charge in [-0.25, -0.2) is 4.98 Å². The summed E-state index contributed by atoms with van der Waals surface area (Å²) >= 11 is 1.35. The van der Waals surface area contributed by atoms with Gasteiger partial charge in [-0.05, 0) is 12.1 Å². The van der Waals surface area contributed by atoms with Gasteiger partial charge >= 0.3 is 0 Å². The standard InChI is InChI=1S/C16H18N4O3S/c1-9(2)24-16-19-13(17-10(3)21)12(15(23)20-16)18-14(22)11-7-5-4-6-8-11/h4-9H,1-3H3,(H,18,22)(H2,17,19,20,21,23). The lowest BCUT2D eigenvalue weighted by atomic mass is 10.2. The molecule has 0 atom stereocenters. The van der Waals surface area contributed by atoms with Gasteiger partial charge in [-0.2, -0.15) is 0 Å². The Hall–Kier alpha value is -2.61. The number of carbonyl (C=O) groups excluding carboxylic acids is 2. The first-order chi connectivity index (χ1) is 11.4. The number of H-pyrrole nitrogens is 1. The molecule has 24 heavy (non-hydrogen) atoms. The first-order valence-corrected chi connectivity index (χ1v) is 8.19. The molecule has 3 N–H and O–H groups in total. The van der Waals surface area contributed by atoms with Crippen molar-refractivity contribution in [3.8, 4) is 0 Å². The number of hydrogen-bond acceptors (Lipinski definition) is 5. The molecule has 0 aliphatic heterocycles. The summed E-state index contributed by atoms with van der Waals surface area (Å²) in [5, 5.41) is 5.57. The summed E-state index contributed by atoms with van der Waals surface area (Å²) in [6.07, 6.45) is 0. The van der Waals surface area contributed by atoms with Crippen molar-refractivity contribution < 1.29 is 9.59 Å². The van der Waals surface area contributed by atoms with E-state index in [9.17, 15) is 14.4 Å². The Labute approximate surface area is 143 Å². The highest BCUT2D eigenvalue weighted by atomic mass is 32.2. The van der Waals surface area contributed by atoms with Gasteiger partial charge in [0.25, 0.3) is 11.5 Å². The van der Waals surface area contributed by atoms with E-state index in [4.69, 9.17) is 0 Å². The zero-order chi connectivity index (χ0) is 17.7. The van der Waals surface area contributed by atoms with Crippen molar-refractivity contribution in [2.45, 2.75) is 31.2 Å². The topological polar surface area (TPSA) is 104 Å². The molecule has 0 unspecified atom stereocenters. The molecule has 126 valence electrons. The number of carbonyl (C=O) groups is 2. The molecule has 0 radical (unpaired) electrons. The fraction of sp³-hybridized carbons (Fsp3) is 0.250. The molecule has 0 aliphatic rings. The first-order valence-electron chi connectivity index (χ1n) is 7.31. The molecule has 0 saturated carbocycles. The van der Waals surface area contributed by atoms with E-state index in [0.29, 0.717) is 10.7 Å². The minimum atomic E-state index is -0.527. The summed E-state index contributed by atoms with van der Waals surface area (Å²) in [4.78, 5) is 42.8. The molecule has 2 aromatic rings. The second kappa shape index (κ2) is 7.78. The molecule has 8 heteroatoms. The predicted octanol–water partition coefficient (Wildman–Crippen LogP) is 2.48. The molecule has 7 nitrogen and oxygen atoms in total. The van der Waals surface area contributed by atoms with Crippen LogP contribution in [0.15, 0.2) is 40.3 Å². The first kappa shape index (κ1) is 17.7. The number of rotatable bonds is 5. The van der Waals surface area contributed by atoms with Gasteiger partial charge in [0.15, 0.2) is 16.7 Å². The Bertz CT molecular complexity index is 803. The van der Waals surface area contributed by atoms with Crippen molar-refractivity contribution in [1.29, 1.82) is 0 Å². The van der Waals surface area contributed by atoms with Gasteiger partial charge in [-0.15, -0.1) is 0 Å². The number of amides is 2. The summed E-state index contributed by atoms with van der Waals surface area (Å²) in [7, 11) is 0. The van der Waals surface area contributed by atoms with Crippen LogP contribution in [0.4, 0.5) is 11.5 Å². The summed E-state index contributed by atoms with van der Waals surface area (Å²) in [5.41, 5.74) is -0.223. The Morgan fingerprint density at radius 1 is 1.17 bits per heavy atom. The maximum atomic E-state index is 12.3. The largest absolute Gasteiger partial charge is 0.314 e. The van der Waals surface area contributed by atoms with Gasteiger partial charge in [0.05, 0.1) is 0 Å². The van der Waals surface area contributed by atoms with Crippen LogP contribution in [0, 0.1) is 0 Å².